The Morgan fingerprint density at radius 2 is 2.31 bits per heavy atom. The van der Waals surface area contributed by atoms with Gasteiger partial charge in [-0.1, -0.05) is 11.6 Å². The molecule has 0 saturated heterocycles. The average Bonchev–Trinajstić information content (AvgIpc) is 2.08. The quantitative estimate of drug-likeness (QED) is 0.740. The van der Waals surface area contributed by atoms with Crippen LogP contribution in [-0.4, -0.2) is 4.98 Å². The molecular weight excluding hydrogens is 198 g/mol. The first-order chi connectivity index (χ1) is 6.16. The maximum Gasteiger partial charge on any atom is 0.281 e. The molecule has 1 rings (SSSR count). The molecule has 68 valence electrons. The van der Waals surface area contributed by atoms with Crippen LogP contribution in [0.25, 0.3) is 0 Å². The standard InChI is InChI=1S/C8H5ClF2N2/c9-6-5(1-3-12)2-4-13-7(6)8(10)11/h2,4,8H,1H2. The maximum absolute atomic E-state index is 12.2. The Morgan fingerprint density at radius 1 is 1.62 bits per heavy atom. The summed E-state index contributed by atoms with van der Waals surface area (Å²) in [6.07, 6.45) is -1.47. The third-order valence-electron chi connectivity index (χ3n) is 1.47. The Balaban J connectivity index is 3.12. The van der Waals surface area contributed by atoms with E-state index in [1.54, 1.807) is 0 Å². The Kier molecular flexibility index (Phi) is 3.15. The fraction of sp³-hybridized carbons (Fsp3) is 0.250. The van der Waals surface area contributed by atoms with Gasteiger partial charge in [0.25, 0.3) is 6.43 Å². The second-order valence-electron chi connectivity index (χ2n) is 2.30. The fourth-order valence-electron chi connectivity index (χ4n) is 0.876. The molecule has 0 N–H and O–H groups in total. The van der Waals surface area contributed by atoms with Crippen LogP contribution < -0.4 is 0 Å². The second-order valence-corrected chi connectivity index (χ2v) is 2.68. The third kappa shape index (κ3) is 2.13. The molecule has 0 aromatic carbocycles. The zero-order valence-electron chi connectivity index (χ0n) is 6.47. The molecule has 2 nitrogen and oxygen atoms in total. The smallest absolute Gasteiger partial charge is 0.254 e. The third-order valence-corrected chi connectivity index (χ3v) is 1.91. The van der Waals surface area contributed by atoms with Crippen LogP contribution in [0.2, 0.25) is 5.02 Å². The molecule has 0 bridgehead atoms. The van der Waals surface area contributed by atoms with Crippen molar-refractivity contribution in [3.05, 3.63) is 28.5 Å². The van der Waals surface area contributed by atoms with E-state index >= 15 is 0 Å². The molecule has 0 aliphatic heterocycles. The van der Waals surface area contributed by atoms with E-state index in [-0.39, 0.29) is 11.4 Å². The summed E-state index contributed by atoms with van der Waals surface area (Å²) in [5.74, 6) is 0. The van der Waals surface area contributed by atoms with E-state index in [2.05, 4.69) is 4.98 Å². The SMILES string of the molecule is N#CCc1ccnc(C(F)F)c1Cl. The van der Waals surface area contributed by atoms with Gasteiger partial charge in [0.15, 0.2) is 0 Å². The van der Waals surface area contributed by atoms with E-state index in [0.717, 1.165) is 0 Å². The van der Waals surface area contributed by atoms with Crippen molar-refractivity contribution in [1.29, 1.82) is 5.26 Å². The van der Waals surface area contributed by atoms with E-state index < -0.39 is 12.1 Å². The zero-order chi connectivity index (χ0) is 9.84. The Labute approximate surface area is 78.8 Å². The molecule has 0 saturated carbocycles. The van der Waals surface area contributed by atoms with Crippen LogP contribution in [0.4, 0.5) is 8.78 Å². The van der Waals surface area contributed by atoms with Crippen molar-refractivity contribution >= 4 is 11.6 Å². The van der Waals surface area contributed by atoms with Gasteiger partial charge in [0.05, 0.1) is 17.5 Å². The highest BCUT2D eigenvalue weighted by Gasteiger charge is 2.15. The lowest BCUT2D eigenvalue weighted by atomic mass is 10.2. The number of hydrogen-bond donors (Lipinski definition) is 0. The molecule has 0 aliphatic rings. The minimum atomic E-state index is -2.70. The number of halogens is 3. The molecule has 13 heavy (non-hydrogen) atoms. The average molecular weight is 203 g/mol. The Bertz CT molecular complexity index is 346. The van der Waals surface area contributed by atoms with E-state index in [1.165, 1.54) is 12.3 Å². The number of rotatable bonds is 2. The van der Waals surface area contributed by atoms with Gasteiger partial charge in [-0.3, -0.25) is 4.98 Å². The molecule has 0 unspecified atom stereocenters. The van der Waals surface area contributed by atoms with Crippen molar-refractivity contribution in [2.24, 2.45) is 0 Å². The van der Waals surface area contributed by atoms with Crippen LogP contribution in [0.15, 0.2) is 12.3 Å². The number of nitrogens with zero attached hydrogens (tertiary/aromatic N) is 2. The zero-order valence-corrected chi connectivity index (χ0v) is 7.22. The van der Waals surface area contributed by atoms with Crippen molar-refractivity contribution in [1.82, 2.24) is 4.98 Å². The lowest BCUT2D eigenvalue weighted by molar-refractivity contribution is 0.146. The lowest BCUT2D eigenvalue weighted by Crippen LogP contribution is -1.95. The Morgan fingerprint density at radius 3 is 2.85 bits per heavy atom. The molecule has 5 heteroatoms. The summed E-state index contributed by atoms with van der Waals surface area (Å²) >= 11 is 5.59. The monoisotopic (exact) mass is 202 g/mol. The fourth-order valence-corrected chi connectivity index (χ4v) is 1.14. The number of nitriles is 1. The number of pyridine rings is 1. The van der Waals surface area contributed by atoms with Crippen LogP contribution >= 0.6 is 11.6 Å². The predicted molar refractivity (Wildman–Crippen MR) is 43.5 cm³/mol. The normalized spacial score (nSPS) is 10.1. The molecule has 0 fully saturated rings. The van der Waals surface area contributed by atoms with Gasteiger partial charge in [-0.2, -0.15) is 5.26 Å². The van der Waals surface area contributed by atoms with Gasteiger partial charge in [-0.15, -0.1) is 0 Å². The molecule has 0 aliphatic carbocycles. The van der Waals surface area contributed by atoms with Crippen LogP contribution in [0.1, 0.15) is 17.7 Å². The first kappa shape index (κ1) is 9.87. The highest BCUT2D eigenvalue weighted by molar-refractivity contribution is 6.32. The molecule has 0 radical (unpaired) electrons. The topological polar surface area (TPSA) is 36.7 Å². The first-order valence-electron chi connectivity index (χ1n) is 3.45. The summed E-state index contributed by atoms with van der Waals surface area (Å²) in [4.78, 5) is 3.43. The van der Waals surface area contributed by atoms with Gasteiger partial charge in [0, 0.05) is 6.20 Å². The molecule has 0 amide bonds. The van der Waals surface area contributed by atoms with Crippen molar-refractivity contribution in [3.63, 3.8) is 0 Å². The van der Waals surface area contributed by atoms with E-state index in [0.29, 0.717) is 5.56 Å². The van der Waals surface area contributed by atoms with E-state index in [4.69, 9.17) is 16.9 Å². The summed E-state index contributed by atoms with van der Waals surface area (Å²) in [6, 6.07) is 3.29. The summed E-state index contributed by atoms with van der Waals surface area (Å²) < 4.78 is 24.4. The summed E-state index contributed by atoms with van der Waals surface area (Å²) in [7, 11) is 0. The van der Waals surface area contributed by atoms with Crippen molar-refractivity contribution in [2.45, 2.75) is 12.8 Å². The summed E-state index contributed by atoms with van der Waals surface area (Å²) in [6.45, 7) is 0. The summed E-state index contributed by atoms with van der Waals surface area (Å²) in [5.41, 5.74) is -0.0797. The number of aromatic nitrogens is 1. The maximum atomic E-state index is 12.2. The van der Waals surface area contributed by atoms with Gasteiger partial charge in [0.1, 0.15) is 5.69 Å². The molecular formula is C8H5ClF2N2. The van der Waals surface area contributed by atoms with Crippen LogP contribution in [-0.2, 0) is 6.42 Å². The summed E-state index contributed by atoms with van der Waals surface area (Å²) in [5, 5.41) is 8.25. The second kappa shape index (κ2) is 4.15. The molecule has 1 aromatic rings. The van der Waals surface area contributed by atoms with Gasteiger partial charge >= 0.3 is 0 Å². The van der Waals surface area contributed by atoms with Crippen LogP contribution in [0.5, 0.6) is 0 Å². The van der Waals surface area contributed by atoms with Crippen LogP contribution in [0.3, 0.4) is 0 Å². The van der Waals surface area contributed by atoms with Gasteiger partial charge in [-0.25, -0.2) is 8.78 Å². The van der Waals surface area contributed by atoms with E-state index in [1.807, 2.05) is 6.07 Å². The van der Waals surface area contributed by atoms with Crippen molar-refractivity contribution < 1.29 is 8.78 Å². The predicted octanol–water partition coefficient (Wildman–Crippen LogP) is 2.74. The number of alkyl halides is 2. The molecule has 0 spiro atoms. The lowest BCUT2D eigenvalue weighted by Gasteiger charge is -2.04. The number of hydrogen-bond acceptors (Lipinski definition) is 2. The van der Waals surface area contributed by atoms with Gasteiger partial charge < -0.3 is 0 Å². The first-order valence-corrected chi connectivity index (χ1v) is 3.83. The highest BCUT2D eigenvalue weighted by atomic mass is 35.5. The van der Waals surface area contributed by atoms with Gasteiger partial charge in [0.2, 0.25) is 0 Å². The molecule has 1 heterocycles. The van der Waals surface area contributed by atoms with Crippen molar-refractivity contribution in [2.75, 3.05) is 0 Å². The minimum Gasteiger partial charge on any atom is -0.254 e. The largest absolute Gasteiger partial charge is 0.281 e. The minimum absolute atomic E-state index is 0.0150. The Hall–Kier alpha value is -1.21. The van der Waals surface area contributed by atoms with E-state index in [9.17, 15) is 8.78 Å². The van der Waals surface area contributed by atoms with Crippen molar-refractivity contribution in [3.8, 4) is 6.07 Å². The molecule has 0 atom stereocenters. The highest BCUT2D eigenvalue weighted by Crippen LogP contribution is 2.27. The van der Waals surface area contributed by atoms with Crippen LogP contribution in [0, 0.1) is 11.3 Å². The molecule has 1 aromatic heterocycles. The van der Waals surface area contributed by atoms with Gasteiger partial charge in [-0.05, 0) is 11.6 Å².